The van der Waals surface area contributed by atoms with Crippen LogP contribution in [0.3, 0.4) is 0 Å². The van der Waals surface area contributed by atoms with Gasteiger partial charge in [-0.1, -0.05) is 42.8 Å². The third-order valence-electron chi connectivity index (χ3n) is 4.94. The van der Waals surface area contributed by atoms with Gasteiger partial charge in [0.05, 0.1) is 6.54 Å². The van der Waals surface area contributed by atoms with Gasteiger partial charge in [-0.3, -0.25) is 4.79 Å². The summed E-state index contributed by atoms with van der Waals surface area (Å²) in [5.41, 5.74) is 3.16. The summed E-state index contributed by atoms with van der Waals surface area (Å²) in [4.78, 5) is 12.5. The molecule has 2 aromatic rings. The lowest BCUT2D eigenvalue weighted by Crippen LogP contribution is -2.38. The molecule has 2 aromatic carbocycles. The van der Waals surface area contributed by atoms with Crippen molar-refractivity contribution < 1.29 is 17.6 Å². The van der Waals surface area contributed by atoms with E-state index in [1.165, 1.54) is 16.4 Å². The Hall–Kier alpha value is -2.00. The van der Waals surface area contributed by atoms with Gasteiger partial charge >= 0.3 is 0 Å². The summed E-state index contributed by atoms with van der Waals surface area (Å²) in [6.07, 6.45) is 0.755. The van der Waals surface area contributed by atoms with Crippen molar-refractivity contribution in [2.75, 3.05) is 25.0 Å². The zero-order chi connectivity index (χ0) is 21.2. The predicted octanol–water partition coefficient (Wildman–Crippen LogP) is 3.35. The Morgan fingerprint density at radius 2 is 1.90 bits per heavy atom. The van der Waals surface area contributed by atoms with Crippen molar-refractivity contribution >= 4 is 33.4 Å². The highest BCUT2D eigenvalue weighted by Gasteiger charge is 2.37. The maximum absolute atomic E-state index is 13.2. The quantitative estimate of drug-likeness (QED) is 0.750. The van der Waals surface area contributed by atoms with Gasteiger partial charge in [-0.05, 0) is 42.2 Å². The van der Waals surface area contributed by atoms with Crippen LogP contribution < -0.4 is 5.32 Å². The summed E-state index contributed by atoms with van der Waals surface area (Å²) >= 11 is 6.02. The number of hydrogen-bond donors (Lipinski definition) is 1. The average molecular weight is 440 g/mol. The Kier molecular flexibility index (Phi) is 6.58. The van der Waals surface area contributed by atoms with Gasteiger partial charge in [0.25, 0.3) is 10.2 Å². The van der Waals surface area contributed by atoms with Crippen molar-refractivity contribution in [3.05, 3.63) is 63.9 Å². The summed E-state index contributed by atoms with van der Waals surface area (Å²) < 4.78 is 41.2. The van der Waals surface area contributed by atoms with Gasteiger partial charge in [0.15, 0.2) is 0 Å². The van der Waals surface area contributed by atoms with Crippen LogP contribution in [0.4, 0.5) is 10.1 Å². The number of carbonyl (C=O) groups excluding carboxylic acids is 1. The van der Waals surface area contributed by atoms with Crippen molar-refractivity contribution in [2.24, 2.45) is 0 Å². The zero-order valence-corrected chi connectivity index (χ0v) is 17.9. The minimum Gasteiger partial charge on any atom is -0.324 e. The number of halogens is 2. The van der Waals surface area contributed by atoms with E-state index >= 15 is 0 Å². The molecule has 6 nitrogen and oxygen atoms in total. The smallest absolute Gasteiger partial charge is 0.282 e. The SMILES string of the molecule is CCc1cccc(C)c1NC(=O)CN1CCN(Cc2ccc(F)cc2Cl)S1(=O)=O. The van der Waals surface area contributed by atoms with Crippen molar-refractivity contribution in [3.63, 3.8) is 0 Å². The van der Waals surface area contributed by atoms with Gasteiger partial charge in [0.2, 0.25) is 5.91 Å². The van der Waals surface area contributed by atoms with E-state index in [-0.39, 0.29) is 37.1 Å². The Morgan fingerprint density at radius 1 is 1.17 bits per heavy atom. The summed E-state index contributed by atoms with van der Waals surface area (Å²) in [6, 6.07) is 9.61. The Balaban J connectivity index is 1.69. The van der Waals surface area contributed by atoms with Gasteiger partial charge in [-0.25, -0.2) is 4.39 Å². The molecule has 3 rings (SSSR count). The molecule has 0 aliphatic carbocycles. The lowest BCUT2D eigenvalue weighted by Gasteiger charge is -2.19. The second-order valence-electron chi connectivity index (χ2n) is 6.92. The fourth-order valence-corrected chi connectivity index (χ4v) is 5.08. The monoisotopic (exact) mass is 439 g/mol. The maximum Gasteiger partial charge on any atom is 0.282 e. The van der Waals surface area contributed by atoms with E-state index in [0.29, 0.717) is 5.56 Å². The number of nitrogens with zero attached hydrogens (tertiary/aromatic N) is 2. The number of carbonyl (C=O) groups is 1. The molecule has 1 heterocycles. The summed E-state index contributed by atoms with van der Waals surface area (Å²) in [6.45, 7) is 4.07. The standard InChI is InChI=1S/C20H23ClFN3O3S/c1-3-15-6-4-5-14(2)20(15)23-19(26)13-25-10-9-24(29(25,27)28)12-16-7-8-17(22)11-18(16)21/h4-8,11H,3,9-10,12-13H2,1-2H3,(H,23,26). The lowest BCUT2D eigenvalue weighted by atomic mass is 10.1. The zero-order valence-electron chi connectivity index (χ0n) is 16.3. The molecule has 0 saturated carbocycles. The molecular formula is C20H23ClFN3O3S. The number of amides is 1. The minimum absolute atomic E-state index is 0.0251. The maximum atomic E-state index is 13.2. The Bertz CT molecular complexity index is 1030. The fourth-order valence-electron chi connectivity index (χ4n) is 3.32. The molecule has 0 aromatic heterocycles. The van der Waals surface area contributed by atoms with Crippen LogP contribution in [0.1, 0.15) is 23.6 Å². The van der Waals surface area contributed by atoms with E-state index in [0.717, 1.165) is 33.6 Å². The Labute approximate surface area is 175 Å². The van der Waals surface area contributed by atoms with Crippen molar-refractivity contribution in [3.8, 4) is 0 Å². The van der Waals surface area contributed by atoms with Crippen molar-refractivity contribution in [1.29, 1.82) is 0 Å². The molecule has 1 N–H and O–H groups in total. The summed E-state index contributed by atoms with van der Waals surface area (Å²) in [5, 5.41) is 3.02. The third-order valence-corrected chi connectivity index (χ3v) is 7.22. The normalized spacial score (nSPS) is 16.8. The molecule has 1 aliphatic rings. The molecule has 1 aliphatic heterocycles. The largest absolute Gasteiger partial charge is 0.324 e. The summed E-state index contributed by atoms with van der Waals surface area (Å²) in [7, 11) is -3.81. The second kappa shape index (κ2) is 8.79. The topological polar surface area (TPSA) is 69.7 Å². The first kappa shape index (κ1) is 21.7. The number of rotatable bonds is 6. The molecule has 1 fully saturated rings. The van der Waals surface area contributed by atoms with Crippen LogP contribution in [0.5, 0.6) is 0 Å². The van der Waals surface area contributed by atoms with Crippen molar-refractivity contribution in [1.82, 2.24) is 8.61 Å². The number of benzene rings is 2. The highest BCUT2D eigenvalue weighted by Crippen LogP contribution is 2.25. The first-order valence-electron chi connectivity index (χ1n) is 9.30. The number of para-hydroxylation sites is 1. The van der Waals surface area contributed by atoms with E-state index < -0.39 is 16.0 Å². The first-order chi connectivity index (χ1) is 13.7. The van der Waals surface area contributed by atoms with E-state index in [9.17, 15) is 17.6 Å². The second-order valence-corrected chi connectivity index (χ2v) is 9.26. The molecule has 0 spiro atoms. The van der Waals surface area contributed by atoms with E-state index in [2.05, 4.69) is 5.32 Å². The highest BCUT2D eigenvalue weighted by atomic mass is 35.5. The average Bonchev–Trinajstić information content (AvgIpc) is 2.93. The highest BCUT2D eigenvalue weighted by molar-refractivity contribution is 7.87. The van der Waals surface area contributed by atoms with Crippen LogP contribution in [-0.4, -0.2) is 42.6 Å². The third kappa shape index (κ3) is 4.78. The molecule has 0 bridgehead atoms. The van der Waals surface area contributed by atoms with Gasteiger partial charge < -0.3 is 5.32 Å². The molecular weight excluding hydrogens is 417 g/mol. The van der Waals surface area contributed by atoms with Gasteiger partial charge in [0.1, 0.15) is 5.82 Å². The fraction of sp³-hybridized carbons (Fsp3) is 0.350. The molecule has 1 amide bonds. The number of hydrogen-bond acceptors (Lipinski definition) is 3. The van der Waals surface area contributed by atoms with Crippen LogP contribution in [0.2, 0.25) is 5.02 Å². The van der Waals surface area contributed by atoms with Crippen LogP contribution in [0, 0.1) is 12.7 Å². The Morgan fingerprint density at radius 3 is 2.59 bits per heavy atom. The molecule has 9 heteroatoms. The number of nitrogens with one attached hydrogen (secondary N) is 1. The van der Waals surface area contributed by atoms with Crippen molar-refractivity contribution in [2.45, 2.75) is 26.8 Å². The molecule has 0 radical (unpaired) electrons. The summed E-state index contributed by atoms with van der Waals surface area (Å²) in [5.74, 6) is -0.872. The minimum atomic E-state index is -3.81. The van der Waals surface area contributed by atoms with E-state index in [4.69, 9.17) is 11.6 Å². The molecule has 29 heavy (non-hydrogen) atoms. The van der Waals surface area contributed by atoms with Crippen LogP contribution in [0.25, 0.3) is 0 Å². The van der Waals surface area contributed by atoms with Gasteiger partial charge in [0, 0.05) is 30.3 Å². The molecule has 0 unspecified atom stereocenters. The van der Waals surface area contributed by atoms with Gasteiger partial charge in [-0.15, -0.1) is 0 Å². The molecule has 1 saturated heterocycles. The molecule has 0 atom stereocenters. The van der Waals surface area contributed by atoms with E-state index in [1.54, 1.807) is 0 Å². The van der Waals surface area contributed by atoms with Crippen LogP contribution >= 0.6 is 11.6 Å². The number of anilines is 1. The van der Waals surface area contributed by atoms with Gasteiger partial charge in [-0.2, -0.15) is 17.0 Å². The predicted molar refractivity (Wildman–Crippen MR) is 111 cm³/mol. The van der Waals surface area contributed by atoms with Crippen LogP contribution in [-0.2, 0) is 28.0 Å². The lowest BCUT2D eigenvalue weighted by molar-refractivity contribution is -0.116. The van der Waals surface area contributed by atoms with E-state index in [1.807, 2.05) is 32.0 Å². The number of aryl methyl sites for hydroxylation is 2. The van der Waals surface area contributed by atoms with Crippen LogP contribution in [0.15, 0.2) is 36.4 Å². The first-order valence-corrected chi connectivity index (χ1v) is 11.1. The molecule has 156 valence electrons.